The van der Waals surface area contributed by atoms with Gasteiger partial charge in [-0.05, 0) is 30.3 Å². The minimum absolute atomic E-state index is 0.132. The monoisotopic (exact) mass is 424 g/mol. The van der Waals surface area contributed by atoms with Crippen LogP contribution in [0.4, 0.5) is 22.7 Å². The Bertz CT molecular complexity index is 1250. The van der Waals surface area contributed by atoms with Gasteiger partial charge in [0.15, 0.2) is 0 Å². The molecule has 0 saturated carbocycles. The molecule has 0 saturated heterocycles. The maximum absolute atomic E-state index is 12.6. The van der Waals surface area contributed by atoms with Crippen molar-refractivity contribution in [3.05, 3.63) is 97.1 Å². The quantitative estimate of drug-likeness (QED) is 0.446. The van der Waals surface area contributed by atoms with Crippen LogP contribution in [0, 0.1) is 0 Å². The van der Waals surface area contributed by atoms with Crippen molar-refractivity contribution in [3.8, 4) is 0 Å². The zero-order chi connectivity index (χ0) is 22.2. The van der Waals surface area contributed by atoms with Gasteiger partial charge in [0.1, 0.15) is 17.1 Å². The number of nitrogens with zero attached hydrogens (tertiary/aromatic N) is 6. The van der Waals surface area contributed by atoms with Crippen molar-refractivity contribution in [3.63, 3.8) is 0 Å². The van der Waals surface area contributed by atoms with Gasteiger partial charge in [0, 0.05) is 30.5 Å². The van der Waals surface area contributed by atoms with E-state index in [4.69, 9.17) is 0 Å². The summed E-state index contributed by atoms with van der Waals surface area (Å²) in [5.74, 6) is -0.922. The van der Waals surface area contributed by atoms with E-state index in [1.54, 1.807) is 30.3 Å². The molecule has 0 radical (unpaired) electrons. The van der Waals surface area contributed by atoms with E-state index in [1.165, 1.54) is 37.2 Å². The van der Waals surface area contributed by atoms with Crippen molar-refractivity contribution in [2.75, 3.05) is 10.6 Å². The fourth-order valence-corrected chi connectivity index (χ4v) is 2.62. The number of azo groups is 1. The van der Waals surface area contributed by atoms with Crippen molar-refractivity contribution in [2.45, 2.75) is 0 Å². The Morgan fingerprint density at radius 3 is 2.00 bits per heavy atom. The van der Waals surface area contributed by atoms with E-state index in [2.05, 4.69) is 40.8 Å². The normalized spacial score (nSPS) is 10.6. The Kier molecular flexibility index (Phi) is 6.23. The zero-order valence-electron chi connectivity index (χ0n) is 16.6. The molecule has 2 aromatic heterocycles. The van der Waals surface area contributed by atoms with E-state index in [9.17, 15) is 9.59 Å². The van der Waals surface area contributed by atoms with Gasteiger partial charge in [-0.25, -0.2) is 9.97 Å². The average Bonchev–Trinajstić information content (AvgIpc) is 2.85. The molecule has 0 spiro atoms. The summed E-state index contributed by atoms with van der Waals surface area (Å²) in [5, 5.41) is 13.9. The van der Waals surface area contributed by atoms with Gasteiger partial charge in [-0.15, -0.1) is 5.11 Å². The van der Waals surface area contributed by atoms with Gasteiger partial charge in [-0.3, -0.25) is 19.6 Å². The number of anilines is 2. The average molecular weight is 424 g/mol. The summed E-state index contributed by atoms with van der Waals surface area (Å²) in [7, 11) is 0. The van der Waals surface area contributed by atoms with Crippen LogP contribution in [0.15, 0.2) is 95.9 Å². The summed E-state index contributed by atoms with van der Waals surface area (Å²) < 4.78 is 0. The molecule has 4 rings (SSSR count). The van der Waals surface area contributed by atoms with Gasteiger partial charge in [-0.2, -0.15) is 5.11 Å². The van der Waals surface area contributed by atoms with Crippen LogP contribution < -0.4 is 10.6 Å². The van der Waals surface area contributed by atoms with Gasteiger partial charge >= 0.3 is 0 Å². The molecular formula is C22H16N8O2. The van der Waals surface area contributed by atoms with E-state index in [0.717, 1.165) is 0 Å². The summed E-state index contributed by atoms with van der Waals surface area (Å²) in [6.07, 6.45) is 8.49. The van der Waals surface area contributed by atoms with Crippen LogP contribution in [0.1, 0.15) is 21.0 Å². The first-order chi connectivity index (χ1) is 15.7. The fraction of sp³-hybridized carbons (Fsp3) is 0. The van der Waals surface area contributed by atoms with Crippen LogP contribution in [0.5, 0.6) is 0 Å². The number of rotatable bonds is 6. The highest BCUT2D eigenvalue weighted by atomic mass is 16.2. The van der Waals surface area contributed by atoms with Gasteiger partial charge in [0.25, 0.3) is 11.8 Å². The Balaban J connectivity index is 1.62. The van der Waals surface area contributed by atoms with Gasteiger partial charge < -0.3 is 10.6 Å². The first-order valence-electron chi connectivity index (χ1n) is 9.44. The molecule has 2 amide bonds. The molecule has 10 heteroatoms. The summed E-state index contributed by atoms with van der Waals surface area (Å²) in [4.78, 5) is 40.8. The smallest absolute Gasteiger partial charge is 0.275 e. The first-order valence-corrected chi connectivity index (χ1v) is 9.44. The summed E-state index contributed by atoms with van der Waals surface area (Å²) in [6, 6.07) is 14.0. The summed E-state index contributed by atoms with van der Waals surface area (Å²) in [6.45, 7) is 0. The molecule has 0 fully saturated rings. The first kappa shape index (κ1) is 20.4. The summed E-state index contributed by atoms with van der Waals surface area (Å²) in [5.41, 5.74) is 2.09. The lowest BCUT2D eigenvalue weighted by atomic mass is 10.2. The van der Waals surface area contributed by atoms with Gasteiger partial charge in [0.05, 0.1) is 23.8 Å². The van der Waals surface area contributed by atoms with Gasteiger partial charge in [0.2, 0.25) is 0 Å². The number of hydrogen-bond donors (Lipinski definition) is 2. The predicted octanol–water partition coefficient (Wildman–Crippen LogP) is 4.19. The second-order valence-corrected chi connectivity index (χ2v) is 6.36. The number of carbonyl (C=O) groups is 2. The Morgan fingerprint density at radius 2 is 1.38 bits per heavy atom. The number of hydrogen-bond acceptors (Lipinski definition) is 8. The molecule has 0 aliphatic rings. The van der Waals surface area contributed by atoms with Crippen LogP contribution in [0.2, 0.25) is 0 Å². The molecule has 0 aliphatic heterocycles. The van der Waals surface area contributed by atoms with Crippen molar-refractivity contribution >= 4 is 34.6 Å². The minimum Gasteiger partial charge on any atom is -0.321 e. The lowest BCUT2D eigenvalue weighted by molar-refractivity contribution is 0.101. The standard InChI is InChI=1S/C22H16N8O2/c31-21(19-13-23-8-10-25-19)27-16-6-7-17(30-29-15-4-2-1-3-5-15)18(12-16)28-22(32)20-14-24-9-11-26-20/h1-14H,(H,27,31)(H,28,32). The molecule has 32 heavy (non-hydrogen) atoms. The highest BCUT2D eigenvalue weighted by Crippen LogP contribution is 2.30. The largest absolute Gasteiger partial charge is 0.321 e. The molecule has 4 aromatic rings. The van der Waals surface area contributed by atoms with E-state index < -0.39 is 11.8 Å². The third-order valence-corrected chi connectivity index (χ3v) is 4.12. The SMILES string of the molecule is O=C(Nc1ccc(N=Nc2ccccc2)c(NC(=O)c2cnccn2)c1)c1cnccn1. The predicted molar refractivity (Wildman–Crippen MR) is 117 cm³/mol. The highest BCUT2D eigenvalue weighted by molar-refractivity contribution is 6.06. The van der Waals surface area contributed by atoms with E-state index in [-0.39, 0.29) is 11.4 Å². The summed E-state index contributed by atoms with van der Waals surface area (Å²) >= 11 is 0. The second kappa shape index (κ2) is 9.76. The molecule has 2 aromatic carbocycles. The molecule has 2 N–H and O–H groups in total. The maximum Gasteiger partial charge on any atom is 0.275 e. The molecule has 2 heterocycles. The van der Waals surface area contributed by atoms with Crippen LogP contribution in [0.25, 0.3) is 0 Å². The third-order valence-electron chi connectivity index (χ3n) is 4.12. The van der Waals surface area contributed by atoms with E-state index in [1.807, 2.05) is 18.2 Å². The van der Waals surface area contributed by atoms with E-state index in [0.29, 0.717) is 22.7 Å². The number of amides is 2. The van der Waals surface area contributed by atoms with E-state index >= 15 is 0 Å². The van der Waals surface area contributed by atoms with Crippen LogP contribution >= 0.6 is 0 Å². The number of aromatic nitrogens is 4. The molecule has 0 unspecified atom stereocenters. The van der Waals surface area contributed by atoms with Crippen molar-refractivity contribution in [1.82, 2.24) is 19.9 Å². The molecule has 156 valence electrons. The van der Waals surface area contributed by atoms with Crippen LogP contribution in [-0.4, -0.2) is 31.8 Å². The van der Waals surface area contributed by atoms with Crippen molar-refractivity contribution in [2.24, 2.45) is 10.2 Å². The Hall–Kier alpha value is -4.86. The van der Waals surface area contributed by atoms with Crippen LogP contribution in [-0.2, 0) is 0 Å². The maximum atomic E-state index is 12.6. The number of nitrogens with one attached hydrogen (secondary N) is 2. The molecule has 10 nitrogen and oxygen atoms in total. The molecule has 0 bridgehead atoms. The Morgan fingerprint density at radius 1 is 0.719 bits per heavy atom. The van der Waals surface area contributed by atoms with Gasteiger partial charge in [-0.1, -0.05) is 18.2 Å². The lowest BCUT2D eigenvalue weighted by Crippen LogP contribution is -2.16. The molecular weight excluding hydrogens is 408 g/mol. The topological polar surface area (TPSA) is 134 Å². The third kappa shape index (κ3) is 5.19. The van der Waals surface area contributed by atoms with Crippen LogP contribution in [0.3, 0.4) is 0 Å². The number of carbonyl (C=O) groups excluding carboxylic acids is 2. The molecule has 0 aliphatic carbocycles. The zero-order valence-corrected chi connectivity index (χ0v) is 16.6. The molecule has 0 atom stereocenters. The minimum atomic E-state index is -0.480. The lowest BCUT2D eigenvalue weighted by Gasteiger charge is -2.11. The number of benzene rings is 2. The highest BCUT2D eigenvalue weighted by Gasteiger charge is 2.13. The van der Waals surface area contributed by atoms with Crippen molar-refractivity contribution < 1.29 is 9.59 Å². The second-order valence-electron chi connectivity index (χ2n) is 6.36. The Labute approximate surface area is 182 Å². The fourth-order valence-electron chi connectivity index (χ4n) is 2.62. The van der Waals surface area contributed by atoms with Crippen molar-refractivity contribution in [1.29, 1.82) is 0 Å².